The molecule has 1 aromatic carbocycles. The zero-order chi connectivity index (χ0) is 13.1. The van der Waals surface area contributed by atoms with E-state index in [0.717, 1.165) is 16.9 Å². The zero-order valence-electron chi connectivity index (χ0n) is 10.7. The van der Waals surface area contributed by atoms with E-state index in [1.807, 2.05) is 38.2 Å². The Morgan fingerprint density at radius 3 is 2.61 bits per heavy atom. The molecule has 0 saturated carbocycles. The molecule has 96 valence electrons. The van der Waals surface area contributed by atoms with Gasteiger partial charge in [0.05, 0.1) is 24.4 Å². The van der Waals surface area contributed by atoms with Crippen molar-refractivity contribution in [3.63, 3.8) is 0 Å². The summed E-state index contributed by atoms with van der Waals surface area (Å²) in [4.78, 5) is 0. The lowest BCUT2D eigenvalue weighted by atomic mass is 10.0. The molecular formula is C14H16ClNO2. The van der Waals surface area contributed by atoms with Crippen molar-refractivity contribution < 1.29 is 9.15 Å². The van der Waals surface area contributed by atoms with Crippen LogP contribution in [-0.4, -0.2) is 14.2 Å². The third-order valence-electron chi connectivity index (χ3n) is 2.88. The van der Waals surface area contributed by atoms with Gasteiger partial charge in [-0.05, 0) is 37.7 Å². The van der Waals surface area contributed by atoms with Gasteiger partial charge in [-0.25, -0.2) is 0 Å². The van der Waals surface area contributed by atoms with Crippen molar-refractivity contribution in [1.82, 2.24) is 5.32 Å². The largest absolute Gasteiger partial charge is 0.495 e. The van der Waals surface area contributed by atoms with E-state index in [1.54, 1.807) is 13.4 Å². The lowest BCUT2D eigenvalue weighted by Gasteiger charge is -2.16. The van der Waals surface area contributed by atoms with Crippen molar-refractivity contribution in [2.45, 2.75) is 13.0 Å². The van der Waals surface area contributed by atoms with Gasteiger partial charge >= 0.3 is 0 Å². The van der Waals surface area contributed by atoms with Gasteiger partial charge in [-0.15, -0.1) is 0 Å². The maximum Gasteiger partial charge on any atom is 0.137 e. The first kappa shape index (κ1) is 13.0. The number of methoxy groups -OCH3 is 1. The lowest BCUT2D eigenvalue weighted by Crippen LogP contribution is -2.17. The van der Waals surface area contributed by atoms with Crippen LogP contribution in [-0.2, 0) is 0 Å². The van der Waals surface area contributed by atoms with Crippen LogP contribution in [0.2, 0.25) is 5.02 Å². The third-order valence-corrected chi connectivity index (χ3v) is 3.19. The minimum Gasteiger partial charge on any atom is -0.495 e. The van der Waals surface area contributed by atoms with Crippen LogP contribution < -0.4 is 10.1 Å². The van der Waals surface area contributed by atoms with Crippen LogP contribution in [0.25, 0.3) is 0 Å². The van der Waals surface area contributed by atoms with Crippen molar-refractivity contribution in [2.24, 2.45) is 0 Å². The van der Waals surface area contributed by atoms with Gasteiger partial charge in [0.1, 0.15) is 11.5 Å². The summed E-state index contributed by atoms with van der Waals surface area (Å²) in [7, 11) is 3.52. The lowest BCUT2D eigenvalue weighted by molar-refractivity contribution is 0.414. The second-order valence-electron chi connectivity index (χ2n) is 4.11. The topological polar surface area (TPSA) is 34.4 Å². The summed E-state index contributed by atoms with van der Waals surface area (Å²) < 4.78 is 10.6. The number of ether oxygens (including phenoxy) is 1. The van der Waals surface area contributed by atoms with Crippen LogP contribution >= 0.6 is 11.6 Å². The predicted octanol–water partition coefficient (Wildman–Crippen LogP) is 3.56. The molecule has 2 aromatic rings. The first-order chi connectivity index (χ1) is 8.65. The standard InChI is InChI=1S/C14H16ClNO2/c1-9-6-11(8-18-9)14(16-2)10-4-5-12(15)13(7-10)17-3/h4-8,14,16H,1-3H3. The van der Waals surface area contributed by atoms with Crippen LogP contribution in [0.3, 0.4) is 0 Å². The number of furan rings is 1. The average molecular weight is 266 g/mol. The van der Waals surface area contributed by atoms with Gasteiger partial charge in [-0.2, -0.15) is 0 Å². The molecule has 3 nitrogen and oxygen atoms in total. The third kappa shape index (κ3) is 2.52. The molecule has 0 aliphatic heterocycles. The Bertz CT molecular complexity index is 536. The Morgan fingerprint density at radius 2 is 2.06 bits per heavy atom. The van der Waals surface area contributed by atoms with Gasteiger partial charge in [0, 0.05) is 5.56 Å². The number of aryl methyl sites for hydroxylation is 1. The van der Waals surface area contributed by atoms with E-state index < -0.39 is 0 Å². The molecule has 0 aliphatic rings. The van der Waals surface area contributed by atoms with Crippen molar-refractivity contribution in [1.29, 1.82) is 0 Å². The Labute approximate surface area is 112 Å². The molecule has 0 saturated heterocycles. The van der Waals surface area contributed by atoms with Crippen molar-refractivity contribution >= 4 is 11.6 Å². The molecule has 0 spiro atoms. The van der Waals surface area contributed by atoms with E-state index in [4.69, 9.17) is 20.8 Å². The number of hydrogen-bond acceptors (Lipinski definition) is 3. The van der Waals surface area contributed by atoms with E-state index in [0.29, 0.717) is 10.8 Å². The highest BCUT2D eigenvalue weighted by molar-refractivity contribution is 6.32. The molecule has 1 aromatic heterocycles. The number of benzene rings is 1. The van der Waals surface area contributed by atoms with Gasteiger partial charge in [0.15, 0.2) is 0 Å². The van der Waals surface area contributed by atoms with Gasteiger partial charge in [0.2, 0.25) is 0 Å². The second kappa shape index (κ2) is 5.46. The molecule has 0 fully saturated rings. The van der Waals surface area contributed by atoms with Gasteiger partial charge < -0.3 is 14.5 Å². The van der Waals surface area contributed by atoms with E-state index in [1.165, 1.54) is 0 Å². The van der Waals surface area contributed by atoms with Crippen LogP contribution in [0, 0.1) is 6.92 Å². The fourth-order valence-corrected chi connectivity index (χ4v) is 2.19. The Morgan fingerprint density at radius 1 is 1.28 bits per heavy atom. The Kier molecular flexibility index (Phi) is 3.94. The SMILES string of the molecule is CNC(c1coc(C)c1)c1ccc(Cl)c(OC)c1. The average Bonchev–Trinajstić information content (AvgIpc) is 2.79. The summed E-state index contributed by atoms with van der Waals surface area (Å²) >= 11 is 6.03. The molecule has 1 heterocycles. The van der Waals surface area contributed by atoms with Crippen LogP contribution in [0.1, 0.15) is 22.9 Å². The van der Waals surface area contributed by atoms with E-state index in [-0.39, 0.29) is 6.04 Å². The molecule has 2 rings (SSSR count). The van der Waals surface area contributed by atoms with Crippen LogP contribution in [0.4, 0.5) is 0 Å². The van der Waals surface area contributed by atoms with E-state index >= 15 is 0 Å². The molecule has 1 atom stereocenters. The molecule has 0 aliphatic carbocycles. The molecule has 0 radical (unpaired) electrons. The Balaban J connectivity index is 2.38. The first-order valence-electron chi connectivity index (χ1n) is 5.71. The highest BCUT2D eigenvalue weighted by Crippen LogP contribution is 2.30. The summed E-state index contributed by atoms with van der Waals surface area (Å²) in [6, 6.07) is 7.84. The smallest absolute Gasteiger partial charge is 0.137 e. The quantitative estimate of drug-likeness (QED) is 0.918. The van der Waals surface area contributed by atoms with Gasteiger partial charge in [-0.3, -0.25) is 0 Å². The zero-order valence-corrected chi connectivity index (χ0v) is 11.4. The van der Waals surface area contributed by atoms with E-state index in [2.05, 4.69) is 5.32 Å². The number of nitrogens with one attached hydrogen (secondary N) is 1. The first-order valence-corrected chi connectivity index (χ1v) is 6.09. The van der Waals surface area contributed by atoms with Gasteiger partial charge in [-0.1, -0.05) is 17.7 Å². The maximum atomic E-state index is 6.03. The summed E-state index contributed by atoms with van der Waals surface area (Å²) in [5.41, 5.74) is 2.17. The minimum absolute atomic E-state index is 0.0635. The monoisotopic (exact) mass is 265 g/mol. The van der Waals surface area contributed by atoms with Crippen LogP contribution in [0.5, 0.6) is 5.75 Å². The van der Waals surface area contributed by atoms with E-state index in [9.17, 15) is 0 Å². The molecule has 0 bridgehead atoms. The molecule has 0 amide bonds. The number of halogens is 1. The molecular weight excluding hydrogens is 250 g/mol. The predicted molar refractivity (Wildman–Crippen MR) is 72.4 cm³/mol. The highest BCUT2D eigenvalue weighted by atomic mass is 35.5. The maximum absolute atomic E-state index is 6.03. The van der Waals surface area contributed by atoms with Crippen LogP contribution in [0.15, 0.2) is 34.9 Å². The minimum atomic E-state index is 0.0635. The van der Waals surface area contributed by atoms with Crippen molar-refractivity contribution in [2.75, 3.05) is 14.2 Å². The van der Waals surface area contributed by atoms with Crippen molar-refractivity contribution in [3.05, 3.63) is 52.4 Å². The normalized spacial score (nSPS) is 12.4. The summed E-state index contributed by atoms with van der Waals surface area (Å²) in [5, 5.41) is 3.87. The molecule has 1 unspecified atom stereocenters. The second-order valence-corrected chi connectivity index (χ2v) is 4.51. The van der Waals surface area contributed by atoms with Crippen molar-refractivity contribution in [3.8, 4) is 5.75 Å². The van der Waals surface area contributed by atoms with Gasteiger partial charge in [0.25, 0.3) is 0 Å². The molecule has 18 heavy (non-hydrogen) atoms. The Hall–Kier alpha value is -1.45. The number of rotatable bonds is 4. The molecule has 4 heteroatoms. The molecule has 1 N–H and O–H groups in total. The fraction of sp³-hybridized carbons (Fsp3) is 0.286. The number of hydrogen-bond donors (Lipinski definition) is 1. The highest BCUT2D eigenvalue weighted by Gasteiger charge is 2.15. The summed E-state index contributed by atoms with van der Waals surface area (Å²) in [6.07, 6.45) is 1.76. The summed E-state index contributed by atoms with van der Waals surface area (Å²) in [6.45, 7) is 1.93. The fourth-order valence-electron chi connectivity index (χ4n) is 2.00. The summed E-state index contributed by atoms with van der Waals surface area (Å²) in [5.74, 6) is 1.57.